The number of nitrogens with zero attached hydrogens (tertiary/aromatic N) is 3. The first-order valence-electron chi connectivity index (χ1n) is 6.66. The van der Waals surface area contributed by atoms with Gasteiger partial charge in [0.2, 0.25) is 0 Å². The highest BCUT2D eigenvalue weighted by Crippen LogP contribution is 2.29. The van der Waals surface area contributed by atoms with Gasteiger partial charge in [-0.3, -0.25) is 0 Å². The molecule has 22 heavy (non-hydrogen) atoms. The Morgan fingerprint density at radius 3 is 2.64 bits per heavy atom. The highest BCUT2D eigenvalue weighted by atomic mass is 19.4. The minimum Gasteiger partial charge on any atom is -0.326 e. The fraction of sp³-hybridized carbons (Fsp3) is 0.200. The highest BCUT2D eigenvalue weighted by molar-refractivity contribution is 5.39. The van der Waals surface area contributed by atoms with Crippen molar-refractivity contribution in [3.63, 3.8) is 0 Å². The largest absolute Gasteiger partial charge is 0.416 e. The predicted octanol–water partition coefficient (Wildman–Crippen LogP) is 2.80. The average molecular weight is 306 g/mol. The molecule has 0 aliphatic heterocycles. The number of hydrogen-bond acceptors (Lipinski definition) is 3. The Hall–Kier alpha value is -2.41. The highest BCUT2D eigenvalue weighted by Gasteiger charge is 2.30. The van der Waals surface area contributed by atoms with Gasteiger partial charge in [0.05, 0.1) is 5.56 Å². The molecular formula is C15H13F3N4. The Balaban J connectivity index is 1.90. The van der Waals surface area contributed by atoms with Gasteiger partial charge in [-0.2, -0.15) is 18.3 Å². The molecule has 0 bridgehead atoms. The van der Waals surface area contributed by atoms with Crippen molar-refractivity contribution in [3.8, 4) is 0 Å². The van der Waals surface area contributed by atoms with E-state index in [0.717, 1.165) is 17.7 Å². The molecule has 0 aliphatic carbocycles. The van der Waals surface area contributed by atoms with E-state index in [0.29, 0.717) is 23.6 Å². The summed E-state index contributed by atoms with van der Waals surface area (Å²) >= 11 is 0. The van der Waals surface area contributed by atoms with Crippen LogP contribution in [0.25, 0.3) is 5.65 Å². The third-order valence-corrected chi connectivity index (χ3v) is 3.29. The minimum absolute atomic E-state index is 0.240. The number of nitrogens with two attached hydrogens (primary N) is 1. The van der Waals surface area contributed by atoms with E-state index in [9.17, 15) is 13.2 Å². The second kappa shape index (κ2) is 5.42. The Bertz CT molecular complexity index is 808. The van der Waals surface area contributed by atoms with Crippen LogP contribution in [-0.4, -0.2) is 14.6 Å². The number of pyridine rings is 1. The monoisotopic (exact) mass is 306 g/mol. The van der Waals surface area contributed by atoms with E-state index in [-0.39, 0.29) is 6.42 Å². The summed E-state index contributed by atoms with van der Waals surface area (Å²) in [5, 5.41) is 4.28. The summed E-state index contributed by atoms with van der Waals surface area (Å²) in [6.45, 7) is 0.388. The van der Waals surface area contributed by atoms with Crippen molar-refractivity contribution in [2.75, 3.05) is 0 Å². The van der Waals surface area contributed by atoms with E-state index < -0.39 is 11.7 Å². The molecule has 4 nitrogen and oxygen atoms in total. The normalized spacial score (nSPS) is 12.0. The zero-order valence-electron chi connectivity index (χ0n) is 11.5. The van der Waals surface area contributed by atoms with E-state index >= 15 is 0 Å². The molecule has 2 N–H and O–H groups in total. The van der Waals surface area contributed by atoms with Gasteiger partial charge in [-0.05, 0) is 23.3 Å². The fourth-order valence-electron chi connectivity index (χ4n) is 2.21. The summed E-state index contributed by atoms with van der Waals surface area (Å²) in [4.78, 5) is 4.31. The molecule has 0 aliphatic rings. The molecule has 0 saturated carbocycles. The van der Waals surface area contributed by atoms with Crippen LogP contribution in [0.5, 0.6) is 0 Å². The number of alkyl halides is 3. The lowest BCUT2D eigenvalue weighted by Gasteiger charge is -2.07. The predicted molar refractivity (Wildman–Crippen MR) is 75.1 cm³/mol. The fourth-order valence-corrected chi connectivity index (χ4v) is 2.21. The molecule has 1 aromatic carbocycles. The SMILES string of the molecule is NCc1ccc2nc(Cc3cccc(C(F)(F)F)c3)nn2c1. The molecule has 0 spiro atoms. The Kier molecular flexibility index (Phi) is 3.58. The van der Waals surface area contributed by atoms with Crippen LogP contribution in [0.15, 0.2) is 42.6 Å². The number of hydrogen-bond donors (Lipinski definition) is 1. The number of aromatic nitrogens is 3. The van der Waals surface area contributed by atoms with Crippen LogP contribution in [0.4, 0.5) is 13.2 Å². The van der Waals surface area contributed by atoms with Crippen molar-refractivity contribution in [1.29, 1.82) is 0 Å². The van der Waals surface area contributed by atoms with Crippen LogP contribution < -0.4 is 5.73 Å². The summed E-state index contributed by atoms with van der Waals surface area (Å²) in [6, 6.07) is 8.82. The molecule has 0 amide bonds. The molecule has 0 fully saturated rings. The number of fused-ring (bicyclic) bond motifs is 1. The lowest BCUT2D eigenvalue weighted by Crippen LogP contribution is -2.05. The van der Waals surface area contributed by atoms with Gasteiger partial charge in [-0.25, -0.2) is 9.50 Å². The van der Waals surface area contributed by atoms with Crippen LogP contribution in [0.3, 0.4) is 0 Å². The van der Waals surface area contributed by atoms with Crippen LogP contribution >= 0.6 is 0 Å². The Morgan fingerprint density at radius 2 is 1.91 bits per heavy atom. The molecule has 0 atom stereocenters. The van der Waals surface area contributed by atoms with Crippen molar-refractivity contribution >= 4 is 5.65 Å². The zero-order chi connectivity index (χ0) is 15.7. The first kappa shape index (κ1) is 14.5. The zero-order valence-corrected chi connectivity index (χ0v) is 11.5. The quantitative estimate of drug-likeness (QED) is 0.809. The molecule has 3 aromatic rings. The lowest BCUT2D eigenvalue weighted by atomic mass is 10.1. The van der Waals surface area contributed by atoms with Crippen LogP contribution in [0.2, 0.25) is 0 Å². The van der Waals surface area contributed by atoms with Gasteiger partial charge in [-0.1, -0.05) is 24.3 Å². The molecular weight excluding hydrogens is 293 g/mol. The number of halogens is 3. The Labute approximate surface area is 124 Å². The van der Waals surface area contributed by atoms with Gasteiger partial charge in [-0.15, -0.1) is 0 Å². The third kappa shape index (κ3) is 2.94. The third-order valence-electron chi connectivity index (χ3n) is 3.29. The molecule has 3 rings (SSSR count). The van der Waals surface area contributed by atoms with Crippen molar-refractivity contribution in [2.45, 2.75) is 19.1 Å². The molecule has 114 valence electrons. The standard InChI is InChI=1S/C15H13F3N4/c16-15(17,18)12-3-1-2-10(6-12)7-13-20-14-5-4-11(8-19)9-22(14)21-13/h1-6,9H,7-8,19H2. The molecule has 0 saturated heterocycles. The van der Waals surface area contributed by atoms with Crippen LogP contribution in [0.1, 0.15) is 22.5 Å². The van der Waals surface area contributed by atoms with Crippen molar-refractivity contribution in [1.82, 2.24) is 14.6 Å². The summed E-state index contributed by atoms with van der Waals surface area (Å²) < 4.78 is 39.7. The van der Waals surface area contributed by atoms with Crippen molar-refractivity contribution < 1.29 is 13.2 Å². The molecule has 7 heteroatoms. The first-order chi connectivity index (χ1) is 10.5. The van der Waals surface area contributed by atoms with E-state index in [1.165, 1.54) is 6.07 Å². The molecule has 0 unspecified atom stereocenters. The lowest BCUT2D eigenvalue weighted by molar-refractivity contribution is -0.137. The first-order valence-corrected chi connectivity index (χ1v) is 6.66. The molecule has 2 heterocycles. The van der Waals surface area contributed by atoms with Crippen LogP contribution in [-0.2, 0) is 19.1 Å². The van der Waals surface area contributed by atoms with Crippen molar-refractivity contribution in [2.24, 2.45) is 5.73 Å². The number of rotatable bonds is 3. The molecule has 2 aromatic heterocycles. The summed E-state index contributed by atoms with van der Waals surface area (Å²) in [5.74, 6) is 0.466. The smallest absolute Gasteiger partial charge is 0.326 e. The Morgan fingerprint density at radius 1 is 1.09 bits per heavy atom. The average Bonchev–Trinajstić information content (AvgIpc) is 2.87. The maximum Gasteiger partial charge on any atom is 0.416 e. The van der Waals surface area contributed by atoms with Crippen LogP contribution in [0, 0.1) is 0 Å². The van der Waals surface area contributed by atoms with Gasteiger partial charge in [0.15, 0.2) is 11.5 Å². The van der Waals surface area contributed by atoms with E-state index in [1.54, 1.807) is 22.8 Å². The number of benzene rings is 1. The minimum atomic E-state index is -4.35. The summed E-state index contributed by atoms with van der Waals surface area (Å²) in [6.07, 6.45) is -2.35. The maximum absolute atomic E-state index is 12.7. The van der Waals surface area contributed by atoms with Gasteiger partial charge >= 0.3 is 6.18 Å². The second-order valence-electron chi connectivity index (χ2n) is 4.95. The van der Waals surface area contributed by atoms with E-state index in [4.69, 9.17) is 5.73 Å². The maximum atomic E-state index is 12.7. The van der Waals surface area contributed by atoms with Gasteiger partial charge < -0.3 is 5.73 Å². The molecule has 0 radical (unpaired) electrons. The summed E-state index contributed by atoms with van der Waals surface area (Å²) in [5.41, 5.74) is 6.96. The van der Waals surface area contributed by atoms with E-state index in [1.807, 2.05) is 6.07 Å². The summed E-state index contributed by atoms with van der Waals surface area (Å²) in [7, 11) is 0. The van der Waals surface area contributed by atoms with Gasteiger partial charge in [0.25, 0.3) is 0 Å². The van der Waals surface area contributed by atoms with Gasteiger partial charge in [0, 0.05) is 19.2 Å². The van der Waals surface area contributed by atoms with Gasteiger partial charge in [0.1, 0.15) is 0 Å². The topological polar surface area (TPSA) is 56.2 Å². The van der Waals surface area contributed by atoms with Crippen molar-refractivity contribution in [3.05, 3.63) is 65.1 Å². The second-order valence-corrected chi connectivity index (χ2v) is 4.95. The van der Waals surface area contributed by atoms with E-state index in [2.05, 4.69) is 10.1 Å².